The molecule has 0 fully saturated rings. The van der Waals surface area contributed by atoms with E-state index in [1.807, 2.05) is 0 Å². The van der Waals surface area contributed by atoms with Crippen molar-refractivity contribution in [3.8, 4) is 5.75 Å². The van der Waals surface area contributed by atoms with Crippen LogP contribution in [0.1, 0.15) is 24.2 Å². The van der Waals surface area contributed by atoms with E-state index in [9.17, 15) is 9.59 Å². The molecule has 0 aliphatic rings. The number of benzene rings is 1. The number of amides is 1. The normalized spacial score (nSPS) is 10.8. The predicted molar refractivity (Wildman–Crippen MR) is 55.7 cm³/mol. The number of aromatic hydroxyl groups is 1. The van der Waals surface area contributed by atoms with Crippen molar-refractivity contribution in [1.29, 1.82) is 0 Å². The van der Waals surface area contributed by atoms with Gasteiger partial charge in [-0.15, -0.1) is 0 Å². The summed E-state index contributed by atoms with van der Waals surface area (Å²) in [4.78, 5) is 22.2. The average molecular weight is 207 g/mol. The molecule has 0 radical (unpaired) electrons. The van der Waals surface area contributed by atoms with Crippen LogP contribution in [0.25, 0.3) is 0 Å². The van der Waals surface area contributed by atoms with Gasteiger partial charge in [0.05, 0.1) is 5.54 Å². The Bertz CT molecular complexity index is 368. The maximum absolute atomic E-state index is 11.9. The molecule has 0 bridgehead atoms. The van der Waals surface area contributed by atoms with Crippen LogP contribution in [0.3, 0.4) is 0 Å². The fourth-order valence-electron chi connectivity index (χ4n) is 1.19. The molecule has 2 N–H and O–H groups in total. The van der Waals surface area contributed by atoms with Crippen molar-refractivity contribution >= 4 is 12.2 Å². The molecule has 0 aliphatic heterocycles. The third kappa shape index (κ3) is 2.56. The Kier molecular flexibility index (Phi) is 3.09. The first kappa shape index (κ1) is 11.2. The van der Waals surface area contributed by atoms with Gasteiger partial charge in [-0.25, -0.2) is 0 Å². The van der Waals surface area contributed by atoms with Crippen molar-refractivity contribution in [2.24, 2.45) is 0 Å². The summed E-state index contributed by atoms with van der Waals surface area (Å²) >= 11 is 0. The summed E-state index contributed by atoms with van der Waals surface area (Å²) in [6, 6.07) is 5.91. The largest absolute Gasteiger partial charge is 0.508 e. The van der Waals surface area contributed by atoms with Gasteiger partial charge in [-0.1, -0.05) is 0 Å². The highest BCUT2D eigenvalue weighted by atomic mass is 16.3. The van der Waals surface area contributed by atoms with Gasteiger partial charge in [0.1, 0.15) is 5.75 Å². The quantitative estimate of drug-likeness (QED) is 0.574. The van der Waals surface area contributed by atoms with Gasteiger partial charge < -0.3 is 10.4 Å². The fourth-order valence-corrected chi connectivity index (χ4v) is 1.19. The van der Waals surface area contributed by atoms with Crippen LogP contribution < -0.4 is 5.32 Å². The number of phenolic OH excluding ortho intramolecular Hbond substituents is 1. The van der Waals surface area contributed by atoms with E-state index in [0.717, 1.165) is 0 Å². The number of phenols is 1. The summed E-state index contributed by atoms with van der Waals surface area (Å²) < 4.78 is 0. The van der Waals surface area contributed by atoms with Gasteiger partial charge in [-0.2, -0.15) is 0 Å². The number of ketones is 1. The van der Waals surface area contributed by atoms with E-state index in [1.165, 1.54) is 24.3 Å². The molecule has 0 aliphatic carbocycles. The molecule has 0 spiro atoms. The topological polar surface area (TPSA) is 66.4 Å². The summed E-state index contributed by atoms with van der Waals surface area (Å²) in [5, 5.41) is 11.5. The smallest absolute Gasteiger partial charge is 0.207 e. The highest BCUT2D eigenvalue weighted by Gasteiger charge is 2.27. The van der Waals surface area contributed by atoms with E-state index in [0.29, 0.717) is 12.0 Å². The first-order chi connectivity index (χ1) is 6.97. The molecule has 4 nitrogen and oxygen atoms in total. The number of carbonyl (C=O) groups excluding carboxylic acids is 2. The van der Waals surface area contributed by atoms with Crippen LogP contribution in [0.4, 0.5) is 0 Å². The van der Waals surface area contributed by atoms with Crippen molar-refractivity contribution in [2.45, 2.75) is 19.4 Å². The van der Waals surface area contributed by atoms with Crippen LogP contribution in [0.15, 0.2) is 24.3 Å². The molecule has 1 amide bonds. The second kappa shape index (κ2) is 4.13. The van der Waals surface area contributed by atoms with Crippen molar-refractivity contribution in [3.05, 3.63) is 29.8 Å². The minimum absolute atomic E-state index is 0.104. The van der Waals surface area contributed by atoms with Crippen LogP contribution in [-0.2, 0) is 4.79 Å². The summed E-state index contributed by atoms with van der Waals surface area (Å²) in [5.41, 5.74) is -0.481. The zero-order valence-corrected chi connectivity index (χ0v) is 8.65. The number of carbonyl (C=O) groups is 2. The van der Waals surface area contributed by atoms with Crippen LogP contribution >= 0.6 is 0 Å². The molecule has 0 saturated heterocycles. The second-order valence-corrected chi connectivity index (χ2v) is 3.76. The first-order valence-corrected chi connectivity index (χ1v) is 4.52. The van der Waals surface area contributed by atoms with E-state index in [2.05, 4.69) is 5.32 Å². The van der Waals surface area contributed by atoms with Gasteiger partial charge in [0.25, 0.3) is 0 Å². The van der Waals surface area contributed by atoms with Gasteiger partial charge in [-0.05, 0) is 38.1 Å². The Balaban J connectivity index is 2.94. The van der Waals surface area contributed by atoms with E-state index in [4.69, 9.17) is 5.11 Å². The minimum atomic E-state index is -0.932. The molecule has 1 aromatic carbocycles. The molecule has 0 aromatic heterocycles. The molecular formula is C11H13NO3. The average Bonchev–Trinajstić information content (AvgIpc) is 2.18. The monoisotopic (exact) mass is 207 g/mol. The van der Waals surface area contributed by atoms with Crippen molar-refractivity contribution in [1.82, 2.24) is 5.32 Å². The Morgan fingerprint density at radius 2 is 1.87 bits per heavy atom. The third-order valence-electron chi connectivity index (χ3n) is 2.12. The molecule has 80 valence electrons. The number of rotatable bonds is 4. The van der Waals surface area contributed by atoms with Gasteiger partial charge in [-0.3, -0.25) is 9.59 Å². The van der Waals surface area contributed by atoms with Gasteiger partial charge in [0, 0.05) is 5.56 Å². The molecule has 1 aromatic rings. The number of nitrogens with one attached hydrogen (secondary N) is 1. The Morgan fingerprint density at radius 1 is 1.33 bits per heavy atom. The molecule has 15 heavy (non-hydrogen) atoms. The maximum atomic E-state index is 11.9. The zero-order chi connectivity index (χ0) is 11.5. The van der Waals surface area contributed by atoms with Gasteiger partial charge in [0.15, 0.2) is 5.78 Å². The Labute approximate surface area is 87.9 Å². The predicted octanol–water partition coefficient (Wildman–Crippen LogP) is 1.10. The highest BCUT2D eigenvalue weighted by molar-refractivity contribution is 6.03. The Hall–Kier alpha value is -1.84. The third-order valence-corrected chi connectivity index (χ3v) is 2.12. The summed E-state index contributed by atoms with van der Waals surface area (Å²) in [6.45, 7) is 3.24. The molecular weight excluding hydrogens is 194 g/mol. The SMILES string of the molecule is CC(C)(NC=O)C(=O)c1ccc(O)cc1. The van der Waals surface area contributed by atoms with Crippen molar-refractivity contribution < 1.29 is 14.7 Å². The van der Waals surface area contributed by atoms with Crippen molar-refractivity contribution in [2.75, 3.05) is 0 Å². The van der Waals surface area contributed by atoms with E-state index in [1.54, 1.807) is 13.8 Å². The minimum Gasteiger partial charge on any atom is -0.508 e. The summed E-state index contributed by atoms with van der Waals surface area (Å²) in [6.07, 6.45) is 0.498. The van der Waals surface area contributed by atoms with Crippen LogP contribution in [-0.4, -0.2) is 22.8 Å². The first-order valence-electron chi connectivity index (χ1n) is 4.52. The summed E-state index contributed by atoms with van der Waals surface area (Å²) in [7, 11) is 0. The van der Waals surface area contributed by atoms with E-state index < -0.39 is 5.54 Å². The standard InChI is InChI=1S/C11H13NO3/c1-11(2,12-7-13)10(15)8-3-5-9(14)6-4-8/h3-7,14H,1-2H3,(H,12,13). The van der Waals surface area contributed by atoms with Crippen LogP contribution in [0.5, 0.6) is 5.75 Å². The lowest BCUT2D eigenvalue weighted by Crippen LogP contribution is -2.45. The van der Waals surface area contributed by atoms with Gasteiger partial charge >= 0.3 is 0 Å². The second-order valence-electron chi connectivity index (χ2n) is 3.76. The molecule has 4 heteroatoms. The number of Topliss-reactive ketones (excluding diaryl/α,β-unsaturated/α-hetero) is 1. The maximum Gasteiger partial charge on any atom is 0.207 e. The van der Waals surface area contributed by atoms with E-state index >= 15 is 0 Å². The lowest BCUT2D eigenvalue weighted by atomic mass is 9.93. The van der Waals surface area contributed by atoms with Crippen molar-refractivity contribution in [3.63, 3.8) is 0 Å². The highest BCUT2D eigenvalue weighted by Crippen LogP contribution is 2.15. The van der Waals surface area contributed by atoms with E-state index in [-0.39, 0.29) is 11.5 Å². The molecule has 1 rings (SSSR count). The molecule has 0 atom stereocenters. The summed E-state index contributed by atoms with van der Waals surface area (Å²) in [5.74, 6) is -0.0951. The molecule has 0 unspecified atom stereocenters. The van der Waals surface area contributed by atoms with Crippen LogP contribution in [0.2, 0.25) is 0 Å². The molecule has 0 heterocycles. The number of hydrogen-bond acceptors (Lipinski definition) is 3. The zero-order valence-electron chi connectivity index (χ0n) is 8.65. The Morgan fingerprint density at radius 3 is 2.33 bits per heavy atom. The van der Waals surface area contributed by atoms with Crippen LogP contribution in [0, 0.1) is 0 Å². The fraction of sp³-hybridized carbons (Fsp3) is 0.273. The number of hydrogen-bond donors (Lipinski definition) is 2. The lowest BCUT2D eigenvalue weighted by Gasteiger charge is -2.21. The molecule has 0 saturated carbocycles. The lowest BCUT2D eigenvalue weighted by molar-refractivity contribution is -0.110. The van der Waals surface area contributed by atoms with Gasteiger partial charge in [0.2, 0.25) is 6.41 Å².